The van der Waals surface area contributed by atoms with E-state index >= 15 is 0 Å². The second-order valence-corrected chi connectivity index (χ2v) is 5.32. The standard InChI is InChI=1S/C16H24FNO2/c1-12(18-2)15-8-7-13(17)11-16(15)20-10-4-6-14-5-3-9-19-14/h7-8,11-12,14,18H,3-6,9-10H2,1-2H3. The average Bonchev–Trinajstić information content (AvgIpc) is 2.96. The lowest BCUT2D eigenvalue weighted by atomic mass is 10.1. The van der Waals surface area contributed by atoms with Crippen LogP contribution in [0.15, 0.2) is 18.2 Å². The van der Waals surface area contributed by atoms with Crippen molar-refractivity contribution in [2.75, 3.05) is 20.3 Å². The van der Waals surface area contributed by atoms with Crippen LogP contribution in [0.1, 0.15) is 44.2 Å². The summed E-state index contributed by atoms with van der Waals surface area (Å²) < 4.78 is 24.7. The normalized spacial score (nSPS) is 20.1. The van der Waals surface area contributed by atoms with Gasteiger partial charge in [-0.2, -0.15) is 0 Å². The number of rotatable bonds is 7. The fourth-order valence-corrected chi connectivity index (χ4v) is 2.51. The number of halogens is 1. The zero-order valence-electron chi connectivity index (χ0n) is 12.3. The maximum absolute atomic E-state index is 13.3. The minimum absolute atomic E-state index is 0.142. The van der Waals surface area contributed by atoms with Gasteiger partial charge in [-0.3, -0.25) is 0 Å². The van der Waals surface area contributed by atoms with E-state index in [1.165, 1.54) is 18.6 Å². The molecule has 0 radical (unpaired) electrons. The molecule has 1 aromatic rings. The summed E-state index contributed by atoms with van der Waals surface area (Å²) in [5, 5.41) is 3.15. The van der Waals surface area contributed by atoms with Crippen molar-refractivity contribution in [2.45, 2.75) is 44.8 Å². The molecule has 2 unspecified atom stereocenters. The molecule has 0 aliphatic carbocycles. The van der Waals surface area contributed by atoms with E-state index in [9.17, 15) is 4.39 Å². The molecular weight excluding hydrogens is 257 g/mol. The summed E-state index contributed by atoms with van der Waals surface area (Å²) in [6.45, 7) is 3.53. The molecule has 2 rings (SSSR count). The molecule has 0 amide bonds. The molecule has 1 heterocycles. The molecule has 2 atom stereocenters. The van der Waals surface area contributed by atoms with Crippen LogP contribution in [0.3, 0.4) is 0 Å². The Balaban J connectivity index is 1.85. The van der Waals surface area contributed by atoms with Gasteiger partial charge < -0.3 is 14.8 Å². The molecule has 4 heteroatoms. The van der Waals surface area contributed by atoms with Crippen molar-refractivity contribution >= 4 is 0 Å². The van der Waals surface area contributed by atoms with Crippen LogP contribution in [0.2, 0.25) is 0 Å². The van der Waals surface area contributed by atoms with Gasteiger partial charge in [0.25, 0.3) is 0 Å². The molecule has 1 aliphatic heterocycles. The van der Waals surface area contributed by atoms with Gasteiger partial charge in [0.2, 0.25) is 0 Å². The van der Waals surface area contributed by atoms with Gasteiger partial charge in [0.1, 0.15) is 11.6 Å². The molecule has 3 nitrogen and oxygen atoms in total. The molecule has 1 N–H and O–H groups in total. The first kappa shape index (κ1) is 15.3. The highest BCUT2D eigenvalue weighted by Crippen LogP contribution is 2.26. The van der Waals surface area contributed by atoms with E-state index in [-0.39, 0.29) is 11.9 Å². The van der Waals surface area contributed by atoms with Gasteiger partial charge in [0.05, 0.1) is 12.7 Å². The van der Waals surface area contributed by atoms with Crippen LogP contribution < -0.4 is 10.1 Å². The Kier molecular flexibility index (Phi) is 5.80. The smallest absolute Gasteiger partial charge is 0.126 e. The molecular formula is C16H24FNO2. The lowest BCUT2D eigenvalue weighted by molar-refractivity contribution is 0.0980. The van der Waals surface area contributed by atoms with Crippen LogP contribution in [-0.4, -0.2) is 26.4 Å². The zero-order valence-corrected chi connectivity index (χ0v) is 12.3. The molecule has 0 bridgehead atoms. The molecule has 1 saturated heterocycles. The van der Waals surface area contributed by atoms with Crippen LogP contribution in [0.4, 0.5) is 4.39 Å². The second kappa shape index (κ2) is 7.60. The number of benzene rings is 1. The summed E-state index contributed by atoms with van der Waals surface area (Å²) in [4.78, 5) is 0. The first-order valence-corrected chi connectivity index (χ1v) is 7.42. The maximum atomic E-state index is 13.3. The molecule has 0 saturated carbocycles. The Morgan fingerprint density at radius 1 is 1.50 bits per heavy atom. The third-order valence-corrected chi connectivity index (χ3v) is 3.83. The van der Waals surface area contributed by atoms with Crippen molar-refractivity contribution < 1.29 is 13.9 Å². The topological polar surface area (TPSA) is 30.5 Å². The highest BCUT2D eigenvalue weighted by Gasteiger charge is 2.15. The molecule has 112 valence electrons. The first-order valence-electron chi connectivity index (χ1n) is 7.42. The molecule has 1 aromatic carbocycles. The highest BCUT2D eigenvalue weighted by atomic mass is 19.1. The monoisotopic (exact) mass is 281 g/mol. The average molecular weight is 281 g/mol. The lowest BCUT2D eigenvalue weighted by Gasteiger charge is -2.17. The van der Waals surface area contributed by atoms with Crippen molar-refractivity contribution in [1.29, 1.82) is 0 Å². The summed E-state index contributed by atoms with van der Waals surface area (Å²) in [5.74, 6) is 0.380. The van der Waals surface area contributed by atoms with Gasteiger partial charge in [-0.25, -0.2) is 4.39 Å². The quantitative estimate of drug-likeness (QED) is 0.777. The number of hydrogen-bond acceptors (Lipinski definition) is 3. The van der Waals surface area contributed by atoms with Crippen molar-refractivity contribution in [2.24, 2.45) is 0 Å². The third kappa shape index (κ3) is 4.18. The van der Waals surface area contributed by atoms with Crippen molar-refractivity contribution in [3.63, 3.8) is 0 Å². The summed E-state index contributed by atoms with van der Waals surface area (Å²) in [6, 6.07) is 4.87. The van der Waals surface area contributed by atoms with E-state index in [0.29, 0.717) is 18.5 Å². The van der Waals surface area contributed by atoms with E-state index in [4.69, 9.17) is 9.47 Å². The maximum Gasteiger partial charge on any atom is 0.126 e. The molecule has 1 fully saturated rings. The Labute approximate surface area is 120 Å². The Morgan fingerprint density at radius 3 is 3.05 bits per heavy atom. The summed E-state index contributed by atoms with van der Waals surface area (Å²) in [5.41, 5.74) is 0.992. The largest absolute Gasteiger partial charge is 0.493 e. The van der Waals surface area contributed by atoms with Gasteiger partial charge in [-0.1, -0.05) is 6.07 Å². The van der Waals surface area contributed by atoms with Crippen LogP contribution in [0.5, 0.6) is 5.75 Å². The number of hydrogen-bond donors (Lipinski definition) is 1. The van der Waals surface area contributed by atoms with Gasteiger partial charge in [0, 0.05) is 24.3 Å². The Hall–Kier alpha value is -1.13. The second-order valence-electron chi connectivity index (χ2n) is 5.32. The lowest BCUT2D eigenvalue weighted by Crippen LogP contribution is -2.14. The van der Waals surface area contributed by atoms with Crippen LogP contribution in [0, 0.1) is 5.82 Å². The Morgan fingerprint density at radius 2 is 2.35 bits per heavy atom. The molecule has 1 aliphatic rings. The van der Waals surface area contributed by atoms with E-state index < -0.39 is 0 Å². The predicted octanol–water partition coefficient (Wildman–Crippen LogP) is 3.44. The van der Waals surface area contributed by atoms with E-state index in [1.54, 1.807) is 6.07 Å². The van der Waals surface area contributed by atoms with Gasteiger partial charge in [-0.05, 0) is 45.7 Å². The molecule has 20 heavy (non-hydrogen) atoms. The van der Waals surface area contributed by atoms with Crippen LogP contribution in [0.25, 0.3) is 0 Å². The van der Waals surface area contributed by atoms with Gasteiger partial charge in [0.15, 0.2) is 0 Å². The predicted molar refractivity (Wildman–Crippen MR) is 77.6 cm³/mol. The van der Waals surface area contributed by atoms with E-state index in [2.05, 4.69) is 5.32 Å². The Bertz CT molecular complexity index is 419. The van der Waals surface area contributed by atoms with Gasteiger partial charge >= 0.3 is 0 Å². The molecule has 0 aromatic heterocycles. The number of ether oxygens (including phenoxy) is 2. The van der Waals surface area contributed by atoms with Crippen LogP contribution >= 0.6 is 0 Å². The van der Waals surface area contributed by atoms with E-state index in [0.717, 1.165) is 31.4 Å². The van der Waals surface area contributed by atoms with Crippen molar-refractivity contribution in [3.8, 4) is 5.75 Å². The fraction of sp³-hybridized carbons (Fsp3) is 0.625. The number of nitrogens with one attached hydrogen (secondary N) is 1. The van der Waals surface area contributed by atoms with Crippen molar-refractivity contribution in [3.05, 3.63) is 29.6 Å². The van der Waals surface area contributed by atoms with Crippen molar-refractivity contribution in [1.82, 2.24) is 5.32 Å². The first-order chi connectivity index (χ1) is 9.70. The summed E-state index contributed by atoms with van der Waals surface area (Å²) >= 11 is 0. The SMILES string of the molecule is CNC(C)c1ccc(F)cc1OCCCC1CCCO1. The minimum atomic E-state index is -0.258. The van der Waals surface area contributed by atoms with Gasteiger partial charge in [-0.15, -0.1) is 0 Å². The third-order valence-electron chi connectivity index (χ3n) is 3.83. The zero-order chi connectivity index (χ0) is 14.4. The van der Waals surface area contributed by atoms with Crippen LogP contribution in [-0.2, 0) is 4.74 Å². The fourth-order valence-electron chi connectivity index (χ4n) is 2.51. The summed E-state index contributed by atoms with van der Waals surface area (Å²) in [6.07, 6.45) is 4.67. The molecule has 0 spiro atoms. The van der Waals surface area contributed by atoms with E-state index in [1.807, 2.05) is 14.0 Å². The summed E-state index contributed by atoms with van der Waals surface area (Å²) in [7, 11) is 1.88. The highest BCUT2D eigenvalue weighted by molar-refractivity contribution is 5.36. The minimum Gasteiger partial charge on any atom is -0.493 e.